The number of hydrogen-bond acceptors (Lipinski definition) is 4. The van der Waals surface area contributed by atoms with Crippen LogP contribution in [0, 0.1) is 0 Å². The molecule has 0 radical (unpaired) electrons. The molecule has 0 aliphatic carbocycles. The Hall–Kier alpha value is -1.10. The third kappa shape index (κ3) is 6.37. The van der Waals surface area contributed by atoms with Crippen molar-refractivity contribution in [1.29, 1.82) is 0 Å². The number of nitrogens with one attached hydrogen (secondary N) is 1. The maximum absolute atomic E-state index is 5.93. The molecule has 0 bridgehead atoms. The second-order valence-corrected chi connectivity index (χ2v) is 4.54. The van der Waals surface area contributed by atoms with E-state index in [0.717, 1.165) is 37.4 Å². The summed E-state index contributed by atoms with van der Waals surface area (Å²) in [5.41, 5.74) is 1.13. The normalized spacial score (nSPS) is 12.3. The Morgan fingerprint density at radius 3 is 2.75 bits per heavy atom. The van der Waals surface area contributed by atoms with E-state index in [0.29, 0.717) is 13.2 Å². The van der Waals surface area contributed by atoms with Gasteiger partial charge < -0.3 is 19.5 Å². The van der Waals surface area contributed by atoms with E-state index in [-0.39, 0.29) is 6.10 Å². The van der Waals surface area contributed by atoms with E-state index in [1.807, 2.05) is 25.1 Å². The maximum Gasteiger partial charge on any atom is 0.119 e. The fourth-order valence-electron chi connectivity index (χ4n) is 1.92. The molecule has 4 heteroatoms. The van der Waals surface area contributed by atoms with E-state index in [9.17, 15) is 0 Å². The Kier molecular flexibility index (Phi) is 9.04. The lowest BCUT2D eigenvalue weighted by Crippen LogP contribution is -2.25. The van der Waals surface area contributed by atoms with Gasteiger partial charge in [0.2, 0.25) is 0 Å². The zero-order chi connectivity index (χ0) is 14.6. The summed E-state index contributed by atoms with van der Waals surface area (Å²) in [4.78, 5) is 0. The first-order chi connectivity index (χ1) is 9.81. The zero-order valence-electron chi connectivity index (χ0n) is 12.9. The van der Waals surface area contributed by atoms with Gasteiger partial charge in [0.1, 0.15) is 5.75 Å². The molecule has 0 aliphatic rings. The van der Waals surface area contributed by atoms with Gasteiger partial charge in [-0.05, 0) is 37.6 Å². The van der Waals surface area contributed by atoms with Crippen molar-refractivity contribution in [2.75, 3.05) is 40.0 Å². The smallest absolute Gasteiger partial charge is 0.119 e. The summed E-state index contributed by atoms with van der Waals surface area (Å²) in [6, 6.07) is 8.04. The van der Waals surface area contributed by atoms with Crippen molar-refractivity contribution in [1.82, 2.24) is 5.32 Å². The first kappa shape index (κ1) is 17.0. The second-order valence-electron chi connectivity index (χ2n) is 4.54. The predicted molar refractivity (Wildman–Crippen MR) is 81.3 cm³/mol. The van der Waals surface area contributed by atoms with Crippen LogP contribution < -0.4 is 10.1 Å². The van der Waals surface area contributed by atoms with Crippen molar-refractivity contribution in [2.45, 2.75) is 26.4 Å². The largest absolute Gasteiger partial charge is 0.497 e. The minimum absolute atomic E-state index is 0.0251. The average Bonchev–Trinajstić information content (AvgIpc) is 2.50. The molecule has 0 saturated heterocycles. The monoisotopic (exact) mass is 281 g/mol. The Balaban J connectivity index is 2.58. The second kappa shape index (κ2) is 10.7. The van der Waals surface area contributed by atoms with Gasteiger partial charge in [-0.2, -0.15) is 0 Å². The molecule has 1 unspecified atom stereocenters. The van der Waals surface area contributed by atoms with Gasteiger partial charge in [0.25, 0.3) is 0 Å². The van der Waals surface area contributed by atoms with Crippen LogP contribution in [0.5, 0.6) is 5.75 Å². The third-order valence-electron chi connectivity index (χ3n) is 2.97. The average molecular weight is 281 g/mol. The molecule has 0 aliphatic heterocycles. The van der Waals surface area contributed by atoms with Gasteiger partial charge in [0, 0.05) is 13.2 Å². The molecular weight excluding hydrogens is 254 g/mol. The van der Waals surface area contributed by atoms with Crippen molar-refractivity contribution in [3.63, 3.8) is 0 Å². The highest BCUT2D eigenvalue weighted by atomic mass is 16.5. The standard InChI is InChI=1S/C16H27NO3/c1-4-9-17-13-16(20-11-10-19-5-2)14-7-6-8-15(12-14)18-3/h6-8,12,16-17H,4-5,9-11,13H2,1-3H3. The van der Waals surface area contributed by atoms with E-state index >= 15 is 0 Å². The van der Waals surface area contributed by atoms with Crippen LogP contribution in [0.15, 0.2) is 24.3 Å². The molecule has 1 rings (SSSR count). The van der Waals surface area contributed by atoms with E-state index in [2.05, 4.69) is 18.3 Å². The van der Waals surface area contributed by atoms with Gasteiger partial charge in [-0.1, -0.05) is 19.1 Å². The molecule has 1 aromatic carbocycles. The Bertz CT molecular complexity index is 357. The maximum atomic E-state index is 5.93. The Morgan fingerprint density at radius 1 is 1.20 bits per heavy atom. The SMILES string of the molecule is CCCNCC(OCCOCC)c1cccc(OC)c1. The lowest BCUT2D eigenvalue weighted by Gasteiger charge is -2.19. The molecule has 0 amide bonds. The first-order valence-corrected chi connectivity index (χ1v) is 7.35. The molecule has 20 heavy (non-hydrogen) atoms. The highest BCUT2D eigenvalue weighted by Crippen LogP contribution is 2.21. The first-order valence-electron chi connectivity index (χ1n) is 7.35. The van der Waals surface area contributed by atoms with E-state index in [1.165, 1.54) is 0 Å². The minimum Gasteiger partial charge on any atom is -0.497 e. The molecule has 114 valence electrons. The van der Waals surface area contributed by atoms with Crippen LogP contribution in [0.1, 0.15) is 31.9 Å². The van der Waals surface area contributed by atoms with Crippen molar-refractivity contribution in [3.05, 3.63) is 29.8 Å². The number of hydrogen-bond donors (Lipinski definition) is 1. The highest BCUT2D eigenvalue weighted by Gasteiger charge is 2.12. The topological polar surface area (TPSA) is 39.7 Å². The van der Waals surface area contributed by atoms with Crippen molar-refractivity contribution >= 4 is 0 Å². The molecule has 1 N–H and O–H groups in total. The third-order valence-corrected chi connectivity index (χ3v) is 2.97. The van der Waals surface area contributed by atoms with E-state index in [4.69, 9.17) is 14.2 Å². The quantitative estimate of drug-likeness (QED) is 0.633. The number of benzene rings is 1. The predicted octanol–water partition coefficient (Wildman–Crippen LogP) is 2.79. The summed E-state index contributed by atoms with van der Waals surface area (Å²) in [5.74, 6) is 0.858. The van der Waals surface area contributed by atoms with Gasteiger partial charge >= 0.3 is 0 Å². The summed E-state index contributed by atoms with van der Waals surface area (Å²) in [6.07, 6.45) is 1.14. The Morgan fingerprint density at radius 2 is 2.05 bits per heavy atom. The zero-order valence-corrected chi connectivity index (χ0v) is 12.9. The fourth-order valence-corrected chi connectivity index (χ4v) is 1.92. The highest BCUT2D eigenvalue weighted by molar-refractivity contribution is 5.30. The van der Waals surface area contributed by atoms with Crippen LogP contribution in [0.4, 0.5) is 0 Å². The molecule has 4 nitrogen and oxygen atoms in total. The van der Waals surface area contributed by atoms with Gasteiger partial charge in [0.15, 0.2) is 0 Å². The van der Waals surface area contributed by atoms with Crippen molar-refractivity contribution in [3.8, 4) is 5.75 Å². The minimum atomic E-state index is 0.0251. The summed E-state index contributed by atoms with van der Waals surface area (Å²) >= 11 is 0. The van der Waals surface area contributed by atoms with Crippen molar-refractivity contribution < 1.29 is 14.2 Å². The molecule has 0 aromatic heterocycles. The van der Waals surface area contributed by atoms with Gasteiger partial charge in [-0.25, -0.2) is 0 Å². The van der Waals surface area contributed by atoms with Crippen LogP contribution in [-0.4, -0.2) is 40.0 Å². The van der Waals surface area contributed by atoms with E-state index in [1.54, 1.807) is 7.11 Å². The summed E-state index contributed by atoms with van der Waals surface area (Å²) in [5, 5.41) is 3.41. The molecule has 0 saturated carbocycles. The number of ether oxygens (including phenoxy) is 3. The summed E-state index contributed by atoms with van der Waals surface area (Å²) in [7, 11) is 1.68. The molecule has 0 spiro atoms. The van der Waals surface area contributed by atoms with Crippen molar-refractivity contribution in [2.24, 2.45) is 0 Å². The van der Waals surface area contributed by atoms with Crippen LogP contribution in [0.3, 0.4) is 0 Å². The van der Waals surface area contributed by atoms with E-state index < -0.39 is 0 Å². The van der Waals surface area contributed by atoms with Crippen LogP contribution in [-0.2, 0) is 9.47 Å². The number of rotatable bonds is 11. The molecular formula is C16H27NO3. The van der Waals surface area contributed by atoms with Crippen LogP contribution in [0.25, 0.3) is 0 Å². The summed E-state index contributed by atoms with van der Waals surface area (Å²) < 4.78 is 16.5. The molecule has 0 fully saturated rings. The number of methoxy groups -OCH3 is 1. The lowest BCUT2D eigenvalue weighted by atomic mass is 10.1. The fraction of sp³-hybridized carbons (Fsp3) is 0.625. The van der Waals surface area contributed by atoms with Crippen LogP contribution in [0.2, 0.25) is 0 Å². The van der Waals surface area contributed by atoms with Gasteiger partial charge in [0.05, 0.1) is 26.4 Å². The molecule has 1 aromatic rings. The van der Waals surface area contributed by atoms with Gasteiger partial charge in [-0.3, -0.25) is 0 Å². The van der Waals surface area contributed by atoms with Crippen LogP contribution >= 0.6 is 0 Å². The Labute approximate surface area is 122 Å². The summed E-state index contributed by atoms with van der Waals surface area (Å²) in [6.45, 7) is 7.89. The lowest BCUT2D eigenvalue weighted by molar-refractivity contribution is 0.00688. The molecule has 1 atom stereocenters. The molecule has 0 heterocycles. The van der Waals surface area contributed by atoms with Gasteiger partial charge in [-0.15, -0.1) is 0 Å².